The number of hydrogen-bond donors (Lipinski definition) is 2. The molecule has 0 saturated heterocycles. The van der Waals surface area contributed by atoms with E-state index in [4.69, 9.17) is 0 Å². The first-order chi connectivity index (χ1) is 17.3. The molecule has 0 saturated carbocycles. The van der Waals surface area contributed by atoms with E-state index in [1.165, 1.54) is 0 Å². The van der Waals surface area contributed by atoms with E-state index in [2.05, 4.69) is 95.1 Å². The lowest BCUT2D eigenvalue weighted by atomic mass is 10.2. The molecule has 1 aromatic carbocycles. The van der Waals surface area contributed by atoms with Crippen molar-refractivity contribution in [3.05, 3.63) is 103 Å². The number of nitrogens with one attached hydrogen (secondary N) is 2. The normalized spacial score (nSPS) is 12.7. The maximum atomic E-state index is 12.0. The molecule has 0 aliphatic carbocycles. The van der Waals surface area contributed by atoms with Gasteiger partial charge in [-0.25, -0.2) is 4.98 Å². The molecule has 4 nitrogen and oxygen atoms in total. The Balaban J connectivity index is 1.43. The summed E-state index contributed by atoms with van der Waals surface area (Å²) in [5, 5.41) is 2.97. The van der Waals surface area contributed by atoms with E-state index in [1.807, 2.05) is 24.3 Å². The zero-order valence-electron chi connectivity index (χ0n) is 21.2. The minimum Gasteiger partial charge on any atom is -0.356 e. The number of amides is 1. The Morgan fingerprint density at radius 3 is 1.91 bits per heavy atom. The smallest absolute Gasteiger partial charge is 0.220 e. The van der Waals surface area contributed by atoms with E-state index in [1.54, 1.807) is 0 Å². The average molecular weight is 472 g/mol. The summed E-state index contributed by atoms with van der Waals surface area (Å²) < 4.78 is 0. The third-order valence-corrected chi connectivity index (χ3v) is 5.26. The fourth-order valence-electron chi connectivity index (χ4n) is 3.39. The molecule has 0 radical (unpaired) electrons. The van der Waals surface area contributed by atoms with Crippen molar-refractivity contribution < 1.29 is 4.79 Å². The Morgan fingerprint density at radius 2 is 1.34 bits per heavy atom. The summed E-state index contributed by atoms with van der Waals surface area (Å²) in [4.78, 5) is 19.8. The minimum absolute atomic E-state index is 0.0839. The third kappa shape index (κ3) is 13.8. The number of carbonyl (C=O) groups is 1. The summed E-state index contributed by atoms with van der Waals surface area (Å²) in [6, 6.07) is 7.96. The van der Waals surface area contributed by atoms with E-state index in [0.29, 0.717) is 19.4 Å². The van der Waals surface area contributed by atoms with Gasteiger partial charge < -0.3 is 10.3 Å². The van der Waals surface area contributed by atoms with Crippen LogP contribution < -0.4 is 5.32 Å². The monoisotopic (exact) mass is 471 g/mol. The highest BCUT2D eigenvalue weighted by molar-refractivity contribution is 5.76. The first-order valence-corrected chi connectivity index (χ1v) is 12.9. The van der Waals surface area contributed by atoms with Gasteiger partial charge in [0.05, 0.1) is 11.0 Å². The third-order valence-electron chi connectivity index (χ3n) is 5.26. The Morgan fingerprint density at radius 1 is 0.800 bits per heavy atom. The second kappa shape index (κ2) is 19.0. The fourth-order valence-corrected chi connectivity index (χ4v) is 3.39. The molecule has 1 aromatic heterocycles. The van der Waals surface area contributed by atoms with Crippen molar-refractivity contribution in [1.29, 1.82) is 0 Å². The fraction of sp³-hybridized carbons (Fsp3) is 0.355. The molecule has 2 N–H and O–H groups in total. The number of fused-ring (bicyclic) bond motifs is 1. The zero-order valence-corrected chi connectivity index (χ0v) is 21.2. The van der Waals surface area contributed by atoms with Gasteiger partial charge in [0.2, 0.25) is 5.91 Å². The lowest BCUT2D eigenvalue weighted by Gasteiger charge is -2.02. The predicted molar refractivity (Wildman–Crippen MR) is 150 cm³/mol. The van der Waals surface area contributed by atoms with Gasteiger partial charge in [-0.05, 0) is 57.1 Å². The molecule has 0 spiro atoms. The number of allylic oxidation sites excluding steroid dienone is 12. The van der Waals surface area contributed by atoms with E-state index in [-0.39, 0.29) is 5.91 Å². The molecule has 0 atom stereocenters. The Labute approximate surface area is 211 Å². The molecule has 186 valence electrons. The summed E-state index contributed by atoms with van der Waals surface area (Å²) in [6.07, 6.45) is 34.2. The number of benzene rings is 1. The summed E-state index contributed by atoms with van der Waals surface area (Å²) in [7, 11) is 0. The van der Waals surface area contributed by atoms with Crippen LogP contribution in [0.2, 0.25) is 0 Å². The molecule has 0 aliphatic heterocycles. The van der Waals surface area contributed by atoms with Crippen molar-refractivity contribution in [2.24, 2.45) is 0 Å². The van der Waals surface area contributed by atoms with Crippen LogP contribution >= 0.6 is 0 Å². The lowest BCUT2D eigenvalue weighted by molar-refractivity contribution is -0.120. The van der Waals surface area contributed by atoms with Gasteiger partial charge in [-0.15, -0.1) is 0 Å². The number of hydrogen-bond acceptors (Lipinski definition) is 2. The quantitative estimate of drug-likeness (QED) is 0.232. The van der Waals surface area contributed by atoms with Crippen LogP contribution in [0.15, 0.2) is 97.2 Å². The maximum Gasteiger partial charge on any atom is 0.220 e. The molecule has 2 aromatic rings. The number of imidazole rings is 1. The van der Waals surface area contributed by atoms with Crippen molar-refractivity contribution in [3.8, 4) is 0 Å². The first-order valence-electron chi connectivity index (χ1n) is 12.9. The van der Waals surface area contributed by atoms with Gasteiger partial charge in [-0.3, -0.25) is 4.79 Å². The Hall–Kier alpha value is -3.40. The van der Waals surface area contributed by atoms with Crippen LogP contribution in [0.5, 0.6) is 0 Å². The van der Waals surface area contributed by atoms with Gasteiger partial charge in [-0.2, -0.15) is 0 Å². The summed E-state index contributed by atoms with van der Waals surface area (Å²) in [5.41, 5.74) is 2.00. The topological polar surface area (TPSA) is 57.8 Å². The van der Waals surface area contributed by atoms with Crippen LogP contribution in [0.25, 0.3) is 11.0 Å². The van der Waals surface area contributed by atoms with Crippen LogP contribution in [0.1, 0.15) is 64.1 Å². The zero-order chi connectivity index (χ0) is 24.8. The summed E-state index contributed by atoms with van der Waals surface area (Å²) in [6.45, 7) is 2.75. The van der Waals surface area contributed by atoms with E-state index in [0.717, 1.165) is 61.8 Å². The highest BCUT2D eigenvalue weighted by Gasteiger charge is 2.03. The number of rotatable bonds is 17. The molecule has 1 heterocycles. The van der Waals surface area contributed by atoms with Crippen molar-refractivity contribution in [1.82, 2.24) is 15.3 Å². The number of aromatic amines is 1. The minimum atomic E-state index is 0.0839. The molecule has 0 aliphatic rings. The van der Waals surface area contributed by atoms with Crippen molar-refractivity contribution in [2.75, 3.05) is 6.54 Å². The van der Waals surface area contributed by atoms with Gasteiger partial charge in [0.1, 0.15) is 5.82 Å². The second-order valence-corrected chi connectivity index (χ2v) is 8.25. The number of nitrogens with zero attached hydrogens (tertiary/aromatic N) is 1. The van der Waals surface area contributed by atoms with Gasteiger partial charge in [-0.1, -0.05) is 92.0 Å². The van der Waals surface area contributed by atoms with Gasteiger partial charge in [0.25, 0.3) is 0 Å². The summed E-state index contributed by atoms with van der Waals surface area (Å²) in [5.74, 6) is 0.990. The van der Waals surface area contributed by atoms with Gasteiger partial charge >= 0.3 is 0 Å². The molecule has 0 fully saturated rings. The highest BCUT2D eigenvalue weighted by atomic mass is 16.1. The largest absolute Gasteiger partial charge is 0.356 e. The molecule has 2 rings (SSSR count). The van der Waals surface area contributed by atoms with Crippen molar-refractivity contribution in [3.63, 3.8) is 0 Å². The molecular formula is C31H41N3O. The molecule has 1 amide bonds. The van der Waals surface area contributed by atoms with Crippen LogP contribution in [-0.4, -0.2) is 22.4 Å². The van der Waals surface area contributed by atoms with Crippen LogP contribution in [0.3, 0.4) is 0 Å². The van der Waals surface area contributed by atoms with Crippen molar-refractivity contribution >= 4 is 16.9 Å². The number of H-pyrrole nitrogens is 1. The van der Waals surface area contributed by atoms with Crippen LogP contribution in [0, 0.1) is 0 Å². The van der Waals surface area contributed by atoms with E-state index in [9.17, 15) is 4.79 Å². The molecule has 0 unspecified atom stereocenters. The van der Waals surface area contributed by atoms with E-state index < -0.39 is 0 Å². The predicted octanol–water partition coefficient (Wildman–Crippen LogP) is 7.70. The van der Waals surface area contributed by atoms with Crippen molar-refractivity contribution in [2.45, 2.75) is 64.7 Å². The number of carbonyl (C=O) groups excluding carboxylic acids is 1. The maximum absolute atomic E-state index is 12.0. The lowest BCUT2D eigenvalue weighted by Crippen LogP contribution is -2.25. The first kappa shape index (κ1) is 27.8. The van der Waals surface area contributed by atoms with Gasteiger partial charge in [0.15, 0.2) is 0 Å². The average Bonchev–Trinajstić information content (AvgIpc) is 3.28. The second-order valence-electron chi connectivity index (χ2n) is 8.25. The number of aromatic nitrogens is 2. The number of para-hydroxylation sites is 2. The van der Waals surface area contributed by atoms with Crippen LogP contribution in [0.4, 0.5) is 0 Å². The molecular weight excluding hydrogens is 430 g/mol. The van der Waals surface area contributed by atoms with Gasteiger partial charge in [0, 0.05) is 19.4 Å². The molecule has 35 heavy (non-hydrogen) atoms. The SMILES string of the molecule is CC/C=C\C/C=C\C/C=C\C/C=C\C/C=C\C/C=C\CCC(=O)NCCc1nc2ccccc2[nH]1. The van der Waals surface area contributed by atoms with E-state index >= 15 is 0 Å². The van der Waals surface area contributed by atoms with Crippen LogP contribution in [-0.2, 0) is 11.2 Å². The highest BCUT2D eigenvalue weighted by Crippen LogP contribution is 2.10. The Bertz CT molecular complexity index is 988. The Kier molecular flexibility index (Phi) is 15.1. The standard InChI is InChI=1S/C31H41N3O/c1-2-3-4-5-6-7-8-9-10-11-12-13-14-15-16-17-18-19-20-25-31(35)32-27-26-30-33-28-23-21-22-24-29(28)34-30/h3-4,6-7,9-10,12-13,15-16,18-19,21-24H,2,5,8,11,14,17,20,25-27H2,1H3,(H,32,35)(H,33,34)/b4-3-,7-6-,10-9-,13-12-,16-15-,19-18-. The molecule has 0 bridgehead atoms. The molecule has 4 heteroatoms. The summed E-state index contributed by atoms with van der Waals surface area (Å²) >= 11 is 0.